The van der Waals surface area contributed by atoms with Crippen LogP contribution in [0.1, 0.15) is 28.8 Å². The summed E-state index contributed by atoms with van der Waals surface area (Å²) in [4.78, 5) is 6.94. The van der Waals surface area contributed by atoms with E-state index in [-0.39, 0.29) is 5.92 Å². The first-order valence-electron chi connectivity index (χ1n) is 9.04. The Morgan fingerprint density at radius 1 is 1.23 bits per heavy atom. The largest absolute Gasteiger partial charge is 0.493 e. The molecule has 2 aliphatic heterocycles. The van der Waals surface area contributed by atoms with Crippen LogP contribution in [0.4, 0.5) is 0 Å². The molecule has 0 saturated carbocycles. The third-order valence-corrected chi connectivity index (χ3v) is 5.13. The lowest BCUT2D eigenvalue weighted by Gasteiger charge is -2.16. The molecule has 1 saturated heterocycles. The molecule has 0 aliphatic carbocycles. The number of fused-ring (bicyclic) bond motifs is 1. The summed E-state index contributed by atoms with van der Waals surface area (Å²) in [5, 5.41) is 4.01. The highest BCUT2D eigenvalue weighted by atomic mass is 16.5. The molecule has 7 nitrogen and oxygen atoms in total. The van der Waals surface area contributed by atoms with E-state index in [9.17, 15) is 0 Å². The van der Waals surface area contributed by atoms with Crippen LogP contribution in [-0.4, -0.2) is 55.6 Å². The van der Waals surface area contributed by atoms with Crippen molar-refractivity contribution >= 4 is 0 Å². The van der Waals surface area contributed by atoms with Crippen LogP contribution in [-0.2, 0) is 29.0 Å². The Morgan fingerprint density at radius 3 is 3.00 bits per heavy atom. The third-order valence-electron chi connectivity index (χ3n) is 5.13. The highest BCUT2D eigenvalue weighted by Gasteiger charge is 2.37. The predicted octanol–water partition coefficient (Wildman–Crippen LogP) is 2.01. The number of benzene rings is 1. The third kappa shape index (κ3) is 3.60. The van der Waals surface area contributed by atoms with Gasteiger partial charge in [-0.3, -0.25) is 4.90 Å². The Morgan fingerprint density at radius 2 is 2.15 bits per heavy atom. The maximum atomic E-state index is 5.60. The summed E-state index contributed by atoms with van der Waals surface area (Å²) < 4.78 is 21.6. The molecule has 2 unspecified atom stereocenters. The van der Waals surface area contributed by atoms with E-state index < -0.39 is 0 Å². The predicted molar refractivity (Wildman–Crippen MR) is 94.0 cm³/mol. The molecule has 3 heterocycles. The highest BCUT2D eigenvalue weighted by Crippen LogP contribution is 2.34. The summed E-state index contributed by atoms with van der Waals surface area (Å²) in [6, 6.07) is 6.52. The molecular formula is C19H25N3O4. The van der Waals surface area contributed by atoms with E-state index in [0.717, 1.165) is 38.4 Å². The van der Waals surface area contributed by atoms with Gasteiger partial charge in [-0.05, 0) is 17.2 Å². The first-order chi connectivity index (χ1) is 12.8. The number of aromatic nitrogens is 2. The quantitative estimate of drug-likeness (QED) is 0.749. The van der Waals surface area contributed by atoms with Gasteiger partial charge in [-0.25, -0.2) is 0 Å². The van der Waals surface area contributed by atoms with Gasteiger partial charge in [-0.2, -0.15) is 4.98 Å². The maximum Gasteiger partial charge on any atom is 0.231 e. The molecule has 2 aliphatic rings. The molecule has 1 aromatic carbocycles. The average Bonchev–Trinajstić information content (AvgIpc) is 3.35. The van der Waals surface area contributed by atoms with Crippen molar-refractivity contribution in [1.82, 2.24) is 15.0 Å². The van der Waals surface area contributed by atoms with E-state index >= 15 is 0 Å². The van der Waals surface area contributed by atoms with Crippen LogP contribution in [0.15, 0.2) is 22.7 Å². The molecule has 1 fully saturated rings. The fourth-order valence-corrected chi connectivity index (χ4v) is 3.95. The molecule has 0 radical (unpaired) electrons. The zero-order valence-electron chi connectivity index (χ0n) is 15.3. The average molecular weight is 359 g/mol. The minimum atomic E-state index is 0.186. The van der Waals surface area contributed by atoms with Crippen molar-refractivity contribution in [2.45, 2.75) is 25.5 Å². The summed E-state index contributed by atoms with van der Waals surface area (Å²) in [7, 11) is 3.37. The van der Waals surface area contributed by atoms with E-state index in [2.05, 4.69) is 33.2 Å². The molecule has 0 bridgehead atoms. The fourth-order valence-electron chi connectivity index (χ4n) is 3.95. The van der Waals surface area contributed by atoms with Crippen LogP contribution in [0.5, 0.6) is 5.75 Å². The number of methoxy groups -OCH3 is 2. The fraction of sp³-hybridized carbons (Fsp3) is 0.579. The minimum Gasteiger partial charge on any atom is -0.493 e. The van der Waals surface area contributed by atoms with Crippen LogP contribution >= 0.6 is 0 Å². The number of rotatable bonds is 7. The summed E-state index contributed by atoms with van der Waals surface area (Å²) in [5.41, 5.74) is 2.63. The summed E-state index contributed by atoms with van der Waals surface area (Å²) in [6.45, 7) is 4.59. The van der Waals surface area contributed by atoms with Gasteiger partial charge in [0.05, 0.1) is 19.1 Å². The number of hydrogen-bond acceptors (Lipinski definition) is 7. The first kappa shape index (κ1) is 17.5. The molecule has 2 atom stereocenters. The Labute approximate surface area is 153 Å². The number of likely N-dealkylation sites (tertiary alicyclic amines) is 1. The SMILES string of the molecule is COCc1noc(C2CN(Cc3ccc4c(c3)CCO4)CC2COC)n1. The molecule has 0 spiro atoms. The van der Waals surface area contributed by atoms with Crippen LogP contribution in [0, 0.1) is 5.92 Å². The molecule has 7 heteroatoms. The van der Waals surface area contributed by atoms with Crippen molar-refractivity contribution in [2.75, 3.05) is 40.5 Å². The standard InChI is InChI=1S/C19H25N3O4/c1-23-11-15-9-22(8-13-3-4-17-14(7-13)5-6-25-17)10-16(15)19-20-18(12-24-2)21-26-19/h3-4,7,15-16H,5-6,8-12H2,1-2H3. The van der Waals surface area contributed by atoms with Crippen molar-refractivity contribution in [3.05, 3.63) is 41.0 Å². The van der Waals surface area contributed by atoms with Gasteiger partial charge in [-0.1, -0.05) is 17.3 Å². The van der Waals surface area contributed by atoms with Gasteiger partial charge in [0.2, 0.25) is 5.89 Å². The van der Waals surface area contributed by atoms with Gasteiger partial charge in [0, 0.05) is 46.2 Å². The second-order valence-corrected chi connectivity index (χ2v) is 7.04. The second-order valence-electron chi connectivity index (χ2n) is 7.04. The lowest BCUT2D eigenvalue weighted by atomic mass is 9.97. The summed E-state index contributed by atoms with van der Waals surface area (Å²) in [5.74, 6) is 2.83. The zero-order chi connectivity index (χ0) is 17.9. The van der Waals surface area contributed by atoms with Crippen LogP contribution in [0.2, 0.25) is 0 Å². The lowest BCUT2D eigenvalue weighted by Crippen LogP contribution is -2.21. The first-order valence-corrected chi connectivity index (χ1v) is 9.04. The molecular weight excluding hydrogens is 334 g/mol. The highest BCUT2D eigenvalue weighted by molar-refractivity contribution is 5.39. The maximum absolute atomic E-state index is 5.60. The molecule has 0 amide bonds. The van der Waals surface area contributed by atoms with Crippen molar-refractivity contribution in [3.8, 4) is 5.75 Å². The molecule has 4 rings (SSSR count). The van der Waals surface area contributed by atoms with Gasteiger partial charge < -0.3 is 18.7 Å². The Kier molecular flexibility index (Phi) is 5.19. The molecule has 1 aromatic heterocycles. The van der Waals surface area contributed by atoms with Crippen molar-refractivity contribution in [3.63, 3.8) is 0 Å². The van der Waals surface area contributed by atoms with Gasteiger partial charge >= 0.3 is 0 Å². The van der Waals surface area contributed by atoms with Gasteiger partial charge in [0.1, 0.15) is 12.4 Å². The van der Waals surface area contributed by atoms with E-state index in [1.165, 1.54) is 11.1 Å². The van der Waals surface area contributed by atoms with Crippen LogP contribution in [0.25, 0.3) is 0 Å². The molecule has 26 heavy (non-hydrogen) atoms. The summed E-state index contributed by atoms with van der Waals surface area (Å²) in [6.07, 6.45) is 1.00. The topological polar surface area (TPSA) is 69.9 Å². The van der Waals surface area contributed by atoms with E-state index in [1.54, 1.807) is 14.2 Å². The Balaban J connectivity index is 1.46. The van der Waals surface area contributed by atoms with Crippen LogP contribution in [0.3, 0.4) is 0 Å². The smallest absolute Gasteiger partial charge is 0.231 e. The number of nitrogens with zero attached hydrogens (tertiary/aromatic N) is 3. The Hall–Kier alpha value is -1.96. The zero-order valence-corrected chi connectivity index (χ0v) is 15.3. The molecule has 140 valence electrons. The van der Waals surface area contributed by atoms with Crippen molar-refractivity contribution in [2.24, 2.45) is 5.92 Å². The molecule has 0 N–H and O–H groups in total. The number of ether oxygens (including phenoxy) is 3. The van der Waals surface area contributed by atoms with Gasteiger partial charge in [-0.15, -0.1) is 0 Å². The minimum absolute atomic E-state index is 0.186. The summed E-state index contributed by atoms with van der Waals surface area (Å²) >= 11 is 0. The second kappa shape index (κ2) is 7.73. The lowest BCUT2D eigenvalue weighted by molar-refractivity contribution is 0.142. The van der Waals surface area contributed by atoms with E-state index in [0.29, 0.717) is 30.8 Å². The number of hydrogen-bond donors (Lipinski definition) is 0. The normalized spacial score (nSPS) is 22.5. The van der Waals surface area contributed by atoms with Crippen molar-refractivity contribution in [1.29, 1.82) is 0 Å². The monoisotopic (exact) mass is 359 g/mol. The van der Waals surface area contributed by atoms with Gasteiger partial charge in [0.25, 0.3) is 0 Å². The Bertz CT molecular complexity index is 748. The van der Waals surface area contributed by atoms with Gasteiger partial charge in [0.15, 0.2) is 5.82 Å². The van der Waals surface area contributed by atoms with Crippen LogP contribution < -0.4 is 4.74 Å². The molecule has 2 aromatic rings. The van der Waals surface area contributed by atoms with E-state index in [1.807, 2.05) is 0 Å². The van der Waals surface area contributed by atoms with E-state index in [4.69, 9.17) is 18.7 Å². The van der Waals surface area contributed by atoms with Crippen molar-refractivity contribution < 1.29 is 18.7 Å².